The van der Waals surface area contributed by atoms with E-state index in [4.69, 9.17) is 16.3 Å². The number of aromatic nitrogens is 1. The summed E-state index contributed by atoms with van der Waals surface area (Å²) in [6.45, 7) is 4.03. The van der Waals surface area contributed by atoms with E-state index >= 15 is 0 Å². The lowest BCUT2D eigenvalue weighted by molar-refractivity contribution is 0.263. The fourth-order valence-corrected chi connectivity index (χ4v) is 2.76. The van der Waals surface area contributed by atoms with Crippen molar-refractivity contribution >= 4 is 11.6 Å². The van der Waals surface area contributed by atoms with Crippen LogP contribution in [0, 0.1) is 13.8 Å². The predicted molar refractivity (Wildman–Crippen MR) is 85.2 cm³/mol. The highest BCUT2D eigenvalue weighted by atomic mass is 35.5. The van der Waals surface area contributed by atoms with Gasteiger partial charge in [0.25, 0.3) is 0 Å². The molecule has 1 unspecified atom stereocenters. The van der Waals surface area contributed by atoms with Crippen molar-refractivity contribution in [2.75, 3.05) is 13.7 Å². The molecule has 4 heteroatoms. The number of hydrogen-bond acceptors (Lipinski definition) is 3. The van der Waals surface area contributed by atoms with Crippen LogP contribution in [0.25, 0.3) is 0 Å². The van der Waals surface area contributed by atoms with Gasteiger partial charge in [-0.15, -0.1) is 0 Å². The van der Waals surface area contributed by atoms with Gasteiger partial charge in [0, 0.05) is 34.0 Å². The molecule has 3 nitrogen and oxygen atoms in total. The first-order valence-corrected chi connectivity index (χ1v) is 7.30. The average molecular weight is 306 g/mol. The molecule has 1 atom stereocenters. The Morgan fingerprint density at radius 1 is 1.33 bits per heavy atom. The maximum atomic E-state index is 9.70. The summed E-state index contributed by atoms with van der Waals surface area (Å²) in [5.74, 6) is 0.838. The van der Waals surface area contributed by atoms with E-state index in [-0.39, 0.29) is 12.5 Å². The van der Waals surface area contributed by atoms with Crippen molar-refractivity contribution in [2.24, 2.45) is 0 Å². The van der Waals surface area contributed by atoms with Crippen LogP contribution in [-0.2, 0) is 6.42 Å². The fourth-order valence-electron chi connectivity index (χ4n) is 2.56. The van der Waals surface area contributed by atoms with E-state index in [2.05, 4.69) is 4.98 Å². The molecule has 0 aliphatic heterocycles. The van der Waals surface area contributed by atoms with Crippen molar-refractivity contribution in [1.82, 2.24) is 4.98 Å². The van der Waals surface area contributed by atoms with Gasteiger partial charge in [-0.3, -0.25) is 4.98 Å². The number of hydrogen-bond donors (Lipinski definition) is 1. The van der Waals surface area contributed by atoms with Crippen LogP contribution in [0.1, 0.15) is 28.3 Å². The molecule has 112 valence electrons. The number of ether oxygens (including phenoxy) is 1. The van der Waals surface area contributed by atoms with E-state index in [0.29, 0.717) is 11.4 Å². The molecule has 2 rings (SSSR count). The zero-order valence-corrected chi connectivity index (χ0v) is 13.3. The summed E-state index contributed by atoms with van der Waals surface area (Å²) in [6.07, 6.45) is 2.47. The van der Waals surface area contributed by atoms with Gasteiger partial charge < -0.3 is 9.84 Å². The molecule has 0 saturated carbocycles. The van der Waals surface area contributed by atoms with E-state index in [0.717, 1.165) is 28.1 Å². The third-order valence-corrected chi connectivity index (χ3v) is 3.97. The second-order valence-electron chi connectivity index (χ2n) is 5.18. The lowest BCUT2D eigenvalue weighted by Crippen LogP contribution is -2.11. The molecule has 1 heterocycles. The molecule has 0 spiro atoms. The Kier molecular flexibility index (Phi) is 5.21. The molecule has 1 aromatic heterocycles. The normalized spacial score (nSPS) is 12.2. The molecular weight excluding hydrogens is 286 g/mol. The molecule has 21 heavy (non-hydrogen) atoms. The van der Waals surface area contributed by atoms with Crippen LogP contribution in [0.4, 0.5) is 0 Å². The number of pyridine rings is 1. The second kappa shape index (κ2) is 6.92. The van der Waals surface area contributed by atoms with Gasteiger partial charge in [-0.2, -0.15) is 0 Å². The van der Waals surface area contributed by atoms with Crippen molar-refractivity contribution in [2.45, 2.75) is 26.2 Å². The van der Waals surface area contributed by atoms with Crippen LogP contribution in [0.15, 0.2) is 30.5 Å². The first-order chi connectivity index (χ1) is 10.1. The molecule has 0 aliphatic rings. The van der Waals surface area contributed by atoms with E-state index in [1.165, 1.54) is 0 Å². The Morgan fingerprint density at radius 3 is 2.71 bits per heavy atom. The van der Waals surface area contributed by atoms with E-state index in [1.807, 2.05) is 44.3 Å². The van der Waals surface area contributed by atoms with E-state index in [1.54, 1.807) is 7.11 Å². The van der Waals surface area contributed by atoms with Crippen molar-refractivity contribution in [1.29, 1.82) is 0 Å². The minimum atomic E-state index is -0.0256. The van der Waals surface area contributed by atoms with Crippen LogP contribution in [0.2, 0.25) is 5.02 Å². The van der Waals surface area contributed by atoms with Gasteiger partial charge in [0.15, 0.2) is 0 Å². The zero-order valence-electron chi connectivity index (χ0n) is 12.6. The Bertz CT molecular complexity index is 628. The summed E-state index contributed by atoms with van der Waals surface area (Å²) in [7, 11) is 1.67. The number of halogens is 1. The van der Waals surface area contributed by atoms with Crippen molar-refractivity contribution < 1.29 is 9.84 Å². The Hall–Kier alpha value is -1.58. The minimum Gasteiger partial charge on any atom is -0.496 e. The first-order valence-electron chi connectivity index (χ1n) is 6.92. The maximum absolute atomic E-state index is 9.70. The summed E-state index contributed by atoms with van der Waals surface area (Å²) in [5, 5.41) is 10.4. The molecule has 0 bridgehead atoms. The molecular formula is C17H20ClNO2. The third-order valence-electron chi connectivity index (χ3n) is 3.73. The highest BCUT2D eigenvalue weighted by Gasteiger charge is 2.16. The largest absolute Gasteiger partial charge is 0.496 e. The quantitative estimate of drug-likeness (QED) is 0.916. The Morgan fingerprint density at radius 2 is 2.10 bits per heavy atom. The van der Waals surface area contributed by atoms with Crippen LogP contribution < -0.4 is 4.74 Å². The number of benzene rings is 1. The molecule has 0 aliphatic carbocycles. The van der Waals surface area contributed by atoms with Gasteiger partial charge >= 0.3 is 0 Å². The molecule has 0 fully saturated rings. The summed E-state index contributed by atoms with van der Waals surface area (Å²) in [4.78, 5) is 4.50. The van der Waals surface area contributed by atoms with E-state index in [9.17, 15) is 5.11 Å². The zero-order chi connectivity index (χ0) is 15.4. The maximum Gasteiger partial charge on any atom is 0.128 e. The number of nitrogens with zero attached hydrogens (tertiary/aromatic N) is 1. The van der Waals surface area contributed by atoms with Crippen molar-refractivity contribution in [3.05, 3.63) is 57.9 Å². The van der Waals surface area contributed by atoms with Gasteiger partial charge in [-0.05, 0) is 38.0 Å². The summed E-state index contributed by atoms with van der Waals surface area (Å²) >= 11 is 6.03. The predicted octanol–water partition coefficient (Wildman–Crippen LogP) is 3.68. The van der Waals surface area contributed by atoms with Crippen LogP contribution in [0.3, 0.4) is 0 Å². The summed E-state index contributed by atoms with van der Waals surface area (Å²) in [6, 6.07) is 7.60. The van der Waals surface area contributed by atoms with Crippen molar-refractivity contribution in [3.63, 3.8) is 0 Å². The molecule has 0 radical (unpaired) electrons. The topological polar surface area (TPSA) is 42.4 Å². The SMILES string of the molecule is COc1c(C)cnc(CC(CO)c2cccc(Cl)c2)c1C. The van der Waals surface area contributed by atoms with Gasteiger partial charge in [0.05, 0.1) is 13.7 Å². The number of aryl methyl sites for hydroxylation is 1. The van der Waals surface area contributed by atoms with Gasteiger partial charge in [-0.1, -0.05) is 23.7 Å². The molecule has 0 saturated heterocycles. The number of aliphatic hydroxyl groups excluding tert-OH is 1. The number of rotatable bonds is 5. The number of aliphatic hydroxyl groups is 1. The smallest absolute Gasteiger partial charge is 0.128 e. The van der Waals surface area contributed by atoms with Crippen LogP contribution in [-0.4, -0.2) is 23.8 Å². The molecule has 1 N–H and O–H groups in total. The van der Waals surface area contributed by atoms with Crippen LogP contribution in [0.5, 0.6) is 5.75 Å². The van der Waals surface area contributed by atoms with Gasteiger partial charge in [0.1, 0.15) is 5.75 Å². The second-order valence-corrected chi connectivity index (χ2v) is 5.62. The van der Waals surface area contributed by atoms with E-state index < -0.39 is 0 Å². The van der Waals surface area contributed by atoms with Gasteiger partial charge in [0.2, 0.25) is 0 Å². The first kappa shape index (κ1) is 15.8. The van der Waals surface area contributed by atoms with Crippen LogP contribution >= 0.6 is 11.6 Å². The third kappa shape index (κ3) is 3.55. The number of methoxy groups -OCH3 is 1. The molecule has 1 aromatic carbocycles. The standard InChI is InChI=1S/C17H20ClNO2/c1-11-9-19-16(12(2)17(11)21-3)8-14(10-20)13-5-4-6-15(18)7-13/h4-7,9,14,20H,8,10H2,1-3H3. The summed E-state index contributed by atoms with van der Waals surface area (Å²) in [5.41, 5.74) is 4.00. The minimum absolute atomic E-state index is 0.0256. The highest BCUT2D eigenvalue weighted by molar-refractivity contribution is 6.30. The molecule has 0 amide bonds. The fraction of sp³-hybridized carbons (Fsp3) is 0.353. The lowest BCUT2D eigenvalue weighted by Gasteiger charge is -2.18. The van der Waals surface area contributed by atoms with Gasteiger partial charge in [-0.25, -0.2) is 0 Å². The van der Waals surface area contributed by atoms with Crippen molar-refractivity contribution in [3.8, 4) is 5.75 Å². The molecule has 2 aromatic rings. The monoisotopic (exact) mass is 305 g/mol. The average Bonchev–Trinajstić information content (AvgIpc) is 2.47. The Labute approximate surface area is 130 Å². The highest BCUT2D eigenvalue weighted by Crippen LogP contribution is 2.28. The lowest BCUT2D eigenvalue weighted by atomic mass is 9.93. The summed E-state index contributed by atoms with van der Waals surface area (Å²) < 4.78 is 5.43. The Balaban J connectivity index is 2.31.